The summed E-state index contributed by atoms with van der Waals surface area (Å²) in [6, 6.07) is 5.79. The minimum absolute atomic E-state index is 0.0493. The van der Waals surface area contributed by atoms with Crippen molar-refractivity contribution < 1.29 is 14.3 Å². The first-order chi connectivity index (χ1) is 13.4. The molecule has 0 spiro atoms. The van der Waals surface area contributed by atoms with Crippen LogP contribution < -0.4 is 14.8 Å². The van der Waals surface area contributed by atoms with Gasteiger partial charge in [-0.05, 0) is 23.6 Å². The van der Waals surface area contributed by atoms with Crippen molar-refractivity contribution in [1.29, 1.82) is 0 Å². The Labute approximate surface area is 170 Å². The zero-order valence-electron chi connectivity index (χ0n) is 16.8. The second kappa shape index (κ2) is 9.32. The molecule has 152 valence electrons. The first-order valence-electron chi connectivity index (χ1n) is 9.68. The van der Waals surface area contributed by atoms with Crippen LogP contribution in [0.3, 0.4) is 0 Å². The summed E-state index contributed by atoms with van der Waals surface area (Å²) in [4.78, 5) is 16.9. The molecule has 0 saturated heterocycles. The van der Waals surface area contributed by atoms with E-state index in [1.165, 1.54) is 11.8 Å². The van der Waals surface area contributed by atoms with Gasteiger partial charge in [-0.15, -0.1) is 5.10 Å². The van der Waals surface area contributed by atoms with E-state index in [-0.39, 0.29) is 29.5 Å². The molecular weight excluding hydrogens is 376 g/mol. The molecule has 28 heavy (non-hydrogen) atoms. The zero-order chi connectivity index (χ0) is 20.1. The predicted octanol–water partition coefficient (Wildman–Crippen LogP) is 3.70. The number of aromatic amines is 1. The molecule has 0 fully saturated rings. The van der Waals surface area contributed by atoms with Crippen LogP contribution in [0.1, 0.15) is 57.5 Å². The number of amides is 1. The fourth-order valence-electron chi connectivity index (χ4n) is 2.93. The van der Waals surface area contributed by atoms with Crippen LogP contribution in [0.15, 0.2) is 23.4 Å². The first kappa shape index (κ1) is 20.5. The number of benzene rings is 1. The van der Waals surface area contributed by atoms with Crippen molar-refractivity contribution in [2.75, 3.05) is 19.0 Å². The Morgan fingerprint density at radius 1 is 1.21 bits per heavy atom. The lowest BCUT2D eigenvalue weighted by Gasteiger charge is -2.23. The minimum atomic E-state index is -0.108. The molecule has 1 aliphatic rings. The lowest BCUT2D eigenvalue weighted by atomic mass is 9.95. The molecule has 1 aromatic carbocycles. The highest BCUT2D eigenvalue weighted by Gasteiger charge is 2.21. The molecule has 3 rings (SSSR count). The van der Waals surface area contributed by atoms with Crippen molar-refractivity contribution in [2.45, 2.75) is 51.2 Å². The molecule has 0 saturated carbocycles. The maximum absolute atomic E-state index is 12.5. The van der Waals surface area contributed by atoms with E-state index in [9.17, 15) is 4.79 Å². The molecule has 0 aliphatic carbocycles. The van der Waals surface area contributed by atoms with Gasteiger partial charge in [0, 0.05) is 12.3 Å². The number of nitrogens with zero attached hydrogens (tertiary/aromatic N) is 2. The normalized spacial score (nSPS) is 14.8. The number of nitrogens with one attached hydrogen (secondary N) is 2. The van der Waals surface area contributed by atoms with Gasteiger partial charge in [-0.2, -0.15) is 0 Å². The van der Waals surface area contributed by atoms with Gasteiger partial charge >= 0.3 is 0 Å². The van der Waals surface area contributed by atoms with E-state index in [0.29, 0.717) is 18.4 Å². The van der Waals surface area contributed by atoms with E-state index in [1.54, 1.807) is 0 Å². The molecule has 2 N–H and O–H groups in total. The average molecular weight is 405 g/mol. The van der Waals surface area contributed by atoms with Gasteiger partial charge in [0.05, 0.1) is 25.0 Å². The fourth-order valence-corrected chi connectivity index (χ4v) is 3.55. The number of thioether (sulfide) groups is 1. The van der Waals surface area contributed by atoms with Gasteiger partial charge in [0.1, 0.15) is 5.82 Å². The summed E-state index contributed by atoms with van der Waals surface area (Å²) in [7, 11) is 0. The summed E-state index contributed by atoms with van der Waals surface area (Å²) in [5.41, 5.74) is 1.01. The standard InChI is InChI=1S/C20H28N4O3S/c1-12(2)18(14-6-7-15-16(10-14)27-9-5-8-26-15)21-17(25)11-28-20-22-19(13(3)4)23-24-20/h6-7,10,12-13,18H,5,8-9,11H2,1-4H3,(H,21,25)(H,22,23,24)/t18-/m0/s1. The largest absolute Gasteiger partial charge is 0.490 e. The lowest BCUT2D eigenvalue weighted by molar-refractivity contribution is -0.119. The van der Waals surface area contributed by atoms with Crippen molar-refractivity contribution in [2.24, 2.45) is 5.92 Å². The summed E-state index contributed by atoms with van der Waals surface area (Å²) < 4.78 is 11.5. The highest BCUT2D eigenvalue weighted by atomic mass is 32.2. The lowest BCUT2D eigenvalue weighted by Crippen LogP contribution is -2.33. The minimum Gasteiger partial charge on any atom is -0.490 e. The molecular formula is C20H28N4O3S. The highest BCUT2D eigenvalue weighted by molar-refractivity contribution is 7.99. The maximum Gasteiger partial charge on any atom is 0.230 e. The van der Waals surface area contributed by atoms with Gasteiger partial charge in [-0.1, -0.05) is 45.5 Å². The number of ether oxygens (including phenoxy) is 2. The Morgan fingerprint density at radius 3 is 2.64 bits per heavy atom. The van der Waals surface area contributed by atoms with E-state index in [0.717, 1.165) is 29.3 Å². The van der Waals surface area contributed by atoms with Crippen LogP contribution >= 0.6 is 11.8 Å². The topological polar surface area (TPSA) is 89.1 Å². The third-order valence-corrected chi connectivity index (χ3v) is 5.32. The number of hydrogen-bond acceptors (Lipinski definition) is 6. The highest BCUT2D eigenvalue weighted by Crippen LogP contribution is 2.34. The van der Waals surface area contributed by atoms with E-state index in [2.05, 4.69) is 34.3 Å². The molecule has 0 radical (unpaired) electrons. The SMILES string of the molecule is CC(C)c1nc(SCC(=O)N[C@H](c2ccc3c(c2)OCCCO3)C(C)C)n[nH]1. The zero-order valence-corrected chi connectivity index (χ0v) is 17.6. The fraction of sp³-hybridized carbons (Fsp3) is 0.550. The Kier molecular flexibility index (Phi) is 6.83. The summed E-state index contributed by atoms with van der Waals surface area (Å²) in [5, 5.41) is 10.8. The summed E-state index contributed by atoms with van der Waals surface area (Å²) >= 11 is 1.33. The molecule has 0 bridgehead atoms. The number of fused-ring (bicyclic) bond motifs is 1. The predicted molar refractivity (Wildman–Crippen MR) is 109 cm³/mol. The van der Waals surface area contributed by atoms with Gasteiger partial charge in [0.2, 0.25) is 11.1 Å². The number of hydrogen-bond donors (Lipinski definition) is 2. The second-order valence-electron chi connectivity index (χ2n) is 7.49. The van der Waals surface area contributed by atoms with Gasteiger partial charge in [-0.3, -0.25) is 9.89 Å². The van der Waals surface area contributed by atoms with E-state index >= 15 is 0 Å². The number of rotatable bonds is 7. The number of carbonyl (C=O) groups is 1. The molecule has 1 atom stereocenters. The molecule has 1 aliphatic heterocycles. The molecule has 2 aromatic rings. The monoisotopic (exact) mass is 404 g/mol. The summed E-state index contributed by atoms with van der Waals surface area (Å²) in [6.45, 7) is 9.57. The van der Waals surface area contributed by atoms with Crippen molar-refractivity contribution in [1.82, 2.24) is 20.5 Å². The van der Waals surface area contributed by atoms with Crippen LogP contribution in [-0.2, 0) is 4.79 Å². The second-order valence-corrected chi connectivity index (χ2v) is 8.43. The van der Waals surface area contributed by atoms with Crippen LogP contribution in [-0.4, -0.2) is 40.1 Å². The van der Waals surface area contributed by atoms with Gasteiger partial charge < -0.3 is 14.8 Å². The molecule has 0 unspecified atom stereocenters. The molecule has 8 heteroatoms. The summed E-state index contributed by atoms with van der Waals surface area (Å²) in [6.07, 6.45) is 0.866. The average Bonchev–Trinajstić information content (AvgIpc) is 3.02. The van der Waals surface area contributed by atoms with E-state index in [4.69, 9.17) is 9.47 Å². The van der Waals surface area contributed by atoms with Crippen molar-refractivity contribution in [3.63, 3.8) is 0 Å². The van der Waals surface area contributed by atoms with Crippen LogP contribution in [0.4, 0.5) is 0 Å². The molecule has 7 nitrogen and oxygen atoms in total. The Bertz CT molecular complexity index is 806. The molecule has 2 heterocycles. The van der Waals surface area contributed by atoms with Gasteiger partial charge in [0.15, 0.2) is 11.5 Å². The van der Waals surface area contributed by atoms with Crippen molar-refractivity contribution in [3.8, 4) is 11.5 Å². The number of H-pyrrole nitrogens is 1. The quantitative estimate of drug-likeness (QED) is 0.684. The van der Waals surface area contributed by atoms with Crippen LogP contribution in [0.2, 0.25) is 0 Å². The van der Waals surface area contributed by atoms with Crippen LogP contribution in [0, 0.1) is 5.92 Å². The molecule has 1 amide bonds. The number of carbonyl (C=O) groups excluding carboxylic acids is 1. The van der Waals surface area contributed by atoms with Crippen LogP contribution in [0.5, 0.6) is 11.5 Å². The van der Waals surface area contributed by atoms with E-state index < -0.39 is 0 Å². The Hall–Kier alpha value is -2.22. The van der Waals surface area contributed by atoms with Gasteiger partial charge in [0.25, 0.3) is 0 Å². The first-order valence-corrected chi connectivity index (χ1v) is 10.7. The Balaban J connectivity index is 1.63. The molecule has 1 aromatic heterocycles. The van der Waals surface area contributed by atoms with E-state index in [1.807, 2.05) is 32.0 Å². The van der Waals surface area contributed by atoms with Crippen molar-refractivity contribution >= 4 is 17.7 Å². The third-order valence-electron chi connectivity index (χ3n) is 4.48. The Morgan fingerprint density at radius 2 is 1.96 bits per heavy atom. The third kappa shape index (κ3) is 5.19. The van der Waals surface area contributed by atoms with Gasteiger partial charge in [-0.25, -0.2) is 4.98 Å². The van der Waals surface area contributed by atoms with Crippen molar-refractivity contribution in [3.05, 3.63) is 29.6 Å². The smallest absolute Gasteiger partial charge is 0.230 e. The van der Waals surface area contributed by atoms with Crippen LogP contribution in [0.25, 0.3) is 0 Å². The number of aromatic nitrogens is 3. The maximum atomic E-state index is 12.5. The summed E-state index contributed by atoms with van der Waals surface area (Å²) in [5.74, 6) is 3.06.